The molecule has 1 aromatic heterocycles. The number of ether oxygens (including phenoxy) is 2. The Bertz CT molecular complexity index is 1040. The van der Waals surface area contributed by atoms with Crippen LogP contribution >= 0.6 is 0 Å². The van der Waals surface area contributed by atoms with Gasteiger partial charge in [0.15, 0.2) is 18.5 Å². The van der Waals surface area contributed by atoms with Crippen molar-refractivity contribution in [3.05, 3.63) is 70.3 Å². The third-order valence-electron chi connectivity index (χ3n) is 3.77. The molecule has 0 saturated carbocycles. The summed E-state index contributed by atoms with van der Waals surface area (Å²) in [4.78, 5) is 42.1. The van der Waals surface area contributed by atoms with E-state index >= 15 is 0 Å². The van der Waals surface area contributed by atoms with Gasteiger partial charge in [-0.1, -0.05) is 12.1 Å². The molecule has 0 fully saturated rings. The largest absolute Gasteiger partial charge is 0.484 e. The summed E-state index contributed by atoms with van der Waals surface area (Å²) in [5.41, 5.74) is 5.52. The molecule has 0 unspecified atom stereocenters. The zero-order valence-electron chi connectivity index (χ0n) is 14.5. The lowest BCUT2D eigenvalue weighted by Gasteiger charge is -2.13. The van der Waals surface area contributed by atoms with Crippen LogP contribution in [0.1, 0.15) is 29.2 Å². The van der Waals surface area contributed by atoms with Crippen LogP contribution in [0.4, 0.5) is 0 Å². The molecule has 0 spiro atoms. The molecule has 3 N–H and O–H groups in total. The van der Waals surface area contributed by atoms with Crippen molar-refractivity contribution >= 4 is 22.8 Å². The molecule has 0 aliphatic heterocycles. The standard InChI is InChI=1S/C19H17N3O5/c1-11(17-21-15-5-3-2-4-14(15)18(24)22-17)27-19(25)12-6-8-13(9-7-12)26-10-16(20)23/h2-9,11H,10H2,1H3,(H2,20,23)(H,21,22,24)/t11-/m1/s1. The maximum atomic E-state index is 12.3. The minimum absolute atomic E-state index is 0.248. The fraction of sp³-hybridized carbons (Fsp3) is 0.158. The van der Waals surface area contributed by atoms with Crippen molar-refractivity contribution in [2.45, 2.75) is 13.0 Å². The Morgan fingerprint density at radius 1 is 1.15 bits per heavy atom. The van der Waals surface area contributed by atoms with Crippen molar-refractivity contribution in [1.29, 1.82) is 0 Å². The molecule has 1 amide bonds. The summed E-state index contributed by atoms with van der Waals surface area (Å²) in [6, 6.07) is 13.0. The molecular formula is C19H17N3O5. The van der Waals surface area contributed by atoms with Crippen LogP contribution in [-0.4, -0.2) is 28.5 Å². The average molecular weight is 367 g/mol. The van der Waals surface area contributed by atoms with Crippen molar-refractivity contribution in [2.75, 3.05) is 6.61 Å². The first-order valence-electron chi connectivity index (χ1n) is 8.15. The van der Waals surface area contributed by atoms with Gasteiger partial charge in [-0.2, -0.15) is 0 Å². The van der Waals surface area contributed by atoms with E-state index in [4.69, 9.17) is 15.2 Å². The van der Waals surface area contributed by atoms with Crippen molar-refractivity contribution < 1.29 is 19.1 Å². The molecule has 8 nitrogen and oxygen atoms in total. The van der Waals surface area contributed by atoms with E-state index in [1.165, 1.54) is 24.3 Å². The fourth-order valence-corrected chi connectivity index (χ4v) is 2.42. The number of nitrogens with one attached hydrogen (secondary N) is 1. The van der Waals surface area contributed by atoms with Gasteiger partial charge in [-0.3, -0.25) is 9.59 Å². The van der Waals surface area contributed by atoms with Crippen LogP contribution in [0.15, 0.2) is 53.3 Å². The smallest absolute Gasteiger partial charge is 0.338 e. The third-order valence-corrected chi connectivity index (χ3v) is 3.77. The van der Waals surface area contributed by atoms with Gasteiger partial charge in [0.1, 0.15) is 5.75 Å². The third kappa shape index (κ3) is 4.30. The average Bonchev–Trinajstić information content (AvgIpc) is 2.66. The Morgan fingerprint density at radius 2 is 1.85 bits per heavy atom. The second-order valence-corrected chi connectivity index (χ2v) is 5.80. The van der Waals surface area contributed by atoms with Gasteiger partial charge in [0, 0.05) is 0 Å². The van der Waals surface area contributed by atoms with Gasteiger partial charge in [0.25, 0.3) is 11.5 Å². The zero-order chi connectivity index (χ0) is 19.4. The van der Waals surface area contributed by atoms with Crippen molar-refractivity contribution in [2.24, 2.45) is 5.73 Å². The van der Waals surface area contributed by atoms with Crippen molar-refractivity contribution in [1.82, 2.24) is 9.97 Å². The summed E-state index contributed by atoms with van der Waals surface area (Å²) in [6.45, 7) is 1.37. The van der Waals surface area contributed by atoms with Crippen LogP contribution in [0.2, 0.25) is 0 Å². The van der Waals surface area contributed by atoms with E-state index in [0.29, 0.717) is 16.7 Å². The van der Waals surface area contributed by atoms with Crippen LogP contribution in [-0.2, 0) is 9.53 Å². The van der Waals surface area contributed by atoms with Crippen LogP contribution in [0.25, 0.3) is 10.9 Å². The molecular weight excluding hydrogens is 350 g/mol. The summed E-state index contributed by atoms with van der Waals surface area (Å²) in [6.07, 6.45) is -0.749. The summed E-state index contributed by atoms with van der Waals surface area (Å²) in [7, 11) is 0. The molecule has 1 atom stereocenters. The number of rotatable bonds is 6. The number of carbonyl (C=O) groups is 2. The van der Waals surface area contributed by atoms with Gasteiger partial charge in [-0.05, 0) is 43.3 Å². The highest BCUT2D eigenvalue weighted by molar-refractivity contribution is 5.89. The molecule has 0 aliphatic rings. The number of carbonyl (C=O) groups excluding carboxylic acids is 2. The van der Waals surface area contributed by atoms with Gasteiger partial charge < -0.3 is 20.2 Å². The predicted octanol–water partition coefficient (Wildman–Crippen LogP) is 1.71. The molecule has 0 aliphatic carbocycles. The highest BCUT2D eigenvalue weighted by Crippen LogP contribution is 2.18. The first-order valence-corrected chi connectivity index (χ1v) is 8.15. The number of nitrogens with two attached hydrogens (primary N) is 1. The van der Waals surface area contributed by atoms with E-state index in [1.54, 1.807) is 31.2 Å². The second kappa shape index (κ2) is 7.69. The number of para-hydroxylation sites is 1. The van der Waals surface area contributed by atoms with E-state index in [0.717, 1.165) is 0 Å². The van der Waals surface area contributed by atoms with Crippen LogP contribution < -0.4 is 16.0 Å². The lowest BCUT2D eigenvalue weighted by molar-refractivity contribution is -0.119. The molecule has 1 heterocycles. The Kier molecular flexibility index (Phi) is 5.16. The SMILES string of the molecule is C[C@@H](OC(=O)c1ccc(OCC(N)=O)cc1)c1nc2ccccc2c(=O)[nH]1. The summed E-state index contributed by atoms with van der Waals surface area (Å²) in [5, 5.41) is 0.464. The number of aromatic nitrogens is 2. The number of H-pyrrole nitrogens is 1. The van der Waals surface area contributed by atoms with E-state index in [9.17, 15) is 14.4 Å². The lowest BCUT2D eigenvalue weighted by atomic mass is 10.2. The lowest BCUT2D eigenvalue weighted by Crippen LogP contribution is -2.20. The fourth-order valence-electron chi connectivity index (χ4n) is 2.42. The summed E-state index contributed by atoms with van der Waals surface area (Å²) < 4.78 is 10.5. The number of aromatic amines is 1. The second-order valence-electron chi connectivity index (χ2n) is 5.80. The number of amides is 1. The van der Waals surface area contributed by atoms with Gasteiger partial charge in [0.05, 0.1) is 16.5 Å². The Labute approximate surface area is 153 Å². The molecule has 8 heteroatoms. The number of nitrogens with zero attached hydrogens (tertiary/aromatic N) is 1. The number of esters is 1. The first-order chi connectivity index (χ1) is 12.9. The van der Waals surface area contributed by atoms with Gasteiger partial charge in [0.2, 0.25) is 0 Å². The topological polar surface area (TPSA) is 124 Å². The van der Waals surface area contributed by atoms with Crippen molar-refractivity contribution in [3.8, 4) is 5.75 Å². The highest BCUT2D eigenvalue weighted by Gasteiger charge is 2.17. The Morgan fingerprint density at radius 3 is 2.56 bits per heavy atom. The molecule has 27 heavy (non-hydrogen) atoms. The van der Waals surface area contributed by atoms with E-state index in [2.05, 4.69) is 9.97 Å². The molecule has 2 aromatic carbocycles. The molecule has 3 aromatic rings. The number of primary amides is 1. The molecule has 0 bridgehead atoms. The van der Waals surface area contributed by atoms with Crippen molar-refractivity contribution in [3.63, 3.8) is 0 Å². The monoisotopic (exact) mass is 367 g/mol. The van der Waals surface area contributed by atoms with E-state index in [1.807, 2.05) is 0 Å². The first kappa shape index (κ1) is 18.1. The van der Waals surface area contributed by atoms with E-state index in [-0.39, 0.29) is 23.6 Å². The van der Waals surface area contributed by atoms with Gasteiger partial charge >= 0.3 is 5.97 Å². The van der Waals surface area contributed by atoms with Crippen LogP contribution in [0.3, 0.4) is 0 Å². The number of benzene rings is 2. The quantitative estimate of drug-likeness (QED) is 0.639. The maximum absolute atomic E-state index is 12.3. The molecule has 0 saturated heterocycles. The summed E-state index contributed by atoms with van der Waals surface area (Å²) >= 11 is 0. The molecule has 138 valence electrons. The van der Waals surface area contributed by atoms with Crippen LogP contribution in [0.5, 0.6) is 5.75 Å². The maximum Gasteiger partial charge on any atom is 0.338 e. The normalized spacial score (nSPS) is 11.7. The molecule has 0 radical (unpaired) electrons. The van der Waals surface area contributed by atoms with Gasteiger partial charge in [-0.15, -0.1) is 0 Å². The Balaban J connectivity index is 1.72. The van der Waals surface area contributed by atoms with Gasteiger partial charge in [-0.25, -0.2) is 9.78 Å². The number of fused-ring (bicyclic) bond motifs is 1. The zero-order valence-corrected chi connectivity index (χ0v) is 14.5. The Hall–Kier alpha value is -3.68. The highest BCUT2D eigenvalue weighted by atomic mass is 16.5. The minimum Gasteiger partial charge on any atom is -0.484 e. The summed E-state index contributed by atoms with van der Waals surface area (Å²) in [5.74, 6) is -0.517. The van der Waals surface area contributed by atoms with Crippen LogP contribution in [0, 0.1) is 0 Å². The van der Waals surface area contributed by atoms with E-state index < -0.39 is 18.0 Å². The predicted molar refractivity (Wildman–Crippen MR) is 97.3 cm³/mol. The minimum atomic E-state index is -0.749. The molecule has 3 rings (SSSR count). The number of hydrogen-bond donors (Lipinski definition) is 2. The number of hydrogen-bond acceptors (Lipinski definition) is 6.